The highest BCUT2D eigenvalue weighted by Gasteiger charge is 2.17. The molecule has 1 heterocycles. The molecule has 49 heavy (non-hydrogen) atoms. The Kier molecular flexibility index (Phi) is 7.22. The first kappa shape index (κ1) is 28.8. The van der Waals surface area contributed by atoms with E-state index in [1.54, 1.807) is 0 Å². The lowest BCUT2D eigenvalue weighted by Gasteiger charge is -2.12. The summed E-state index contributed by atoms with van der Waals surface area (Å²) >= 11 is 0. The molecule has 0 amide bonds. The standard InChI is InChI=1S/C48H33N/c1-3-14-34(15-4-1)41-21-9-10-23-44(41)38-28-31-48-46(32-38)47(45-24-12-11-22-43(45)35-16-5-2-6-17-35)33-49(48)39-29-26-37(27-30-39)42-25-13-19-36-18-7-8-20-40(36)42/h1-33H. The Morgan fingerprint density at radius 3 is 1.47 bits per heavy atom. The van der Waals surface area contributed by atoms with Gasteiger partial charge in [0.15, 0.2) is 0 Å². The average molecular weight is 624 g/mol. The van der Waals surface area contributed by atoms with Crippen molar-refractivity contribution >= 4 is 21.7 Å². The van der Waals surface area contributed by atoms with Gasteiger partial charge in [0.25, 0.3) is 0 Å². The van der Waals surface area contributed by atoms with Gasteiger partial charge in [0.1, 0.15) is 0 Å². The Morgan fingerprint density at radius 1 is 0.286 bits per heavy atom. The molecule has 0 fully saturated rings. The van der Waals surface area contributed by atoms with Crippen molar-refractivity contribution in [3.8, 4) is 61.3 Å². The molecule has 0 bridgehead atoms. The molecule has 0 atom stereocenters. The molecule has 1 nitrogen and oxygen atoms in total. The zero-order valence-corrected chi connectivity index (χ0v) is 27.0. The predicted octanol–water partition coefficient (Wildman–Crippen LogP) is 13.1. The van der Waals surface area contributed by atoms with Gasteiger partial charge in [0.05, 0.1) is 5.52 Å². The van der Waals surface area contributed by atoms with Crippen LogP contribution in [0.5, 0.6) is 0 Å². The number of fused-ring (bicyclic) bond motifs is 2. The monoisotopic (exact) mass is 623 g/mol. The van der Waals surface area contributed by atoms with E-state index in [2.05, 4.69) is 205 Å². The minimum Gasteiger partial charge on any atom is -0.316 e. The van der Waals surface area contributed by atoms with Gasteiger partial charge in [0, 0.05) is 22.8 Å². The van der Waals surface area contributed by atoms with E-state index in [9.17, 15) is 0 Å². The number of benzene rings is 8. The van der Waals surface area contributed by atoms with Crippen molar-refractivity contribution in [1.82, 2.24) is 4.57 Å². The van der Waals surface area contributed by atoms with Gasteiger partial charge in [-0.15, -0.1) is 0 Å². The molecule has 9 aromatic rings. The smallest absolute Gasteiger partial charge is 0.0535 e. The van der Waals surface area contributed by atoms with Crippen LogP contribution in [-0.4, -0.2) is 4.57 Å². The van der Waals surface area contributed by atoms with Gasteiger partial charge in [-0.25, -0.2) is 0 Å². The summed E-state index contributed by atoms with van der Waals surface area (Å²) in [5, 5.41) is 3.75. The van der Waals surface area contributed by atoms with Gasteiger partial charge in [-0.2, -0.15) is 0 Å². The lowest BCUT2D eigenvalue weighted by atomic mass is 9.91. The molecule has 0 aliphatic carbocycles. The summed E-state index contributed by atoms with van der Waals surface area (Å²) in [6.07, 6.45) is 2.33. The third kappa shape index (κ3) is 5.23. The van der Waals surface area contributed by atoms with Crippen LogP contribution >= 0.6 is 0 Å². The SMILES string of the molecule is c1ccc(-c2ccccc2-c2ccc3c(c2)c(-c2ccccc2-c2ccccc2)cn3-c2ccc(-c3cccc4ccccc34)cc2)cc1. The summed E-state index contributed by atoms with van der Waals surface area (Å²) in [5.74, 6) is 0. The van der Waals surface area contributed by atoms with Gasteiger partial charge in [0.2, 0.25) is 0 Å². The van der Waals surface area contributed by atoms with Crippen LogP contribution in [0.3, 0.4) is 0 Å². The molecule has 0 N–H and O–H groups in total. The Morgan fingerprint density at radius 2 is 0.776 bits per heavy atom. The molecule has 0 saturated carbocycles. The Bertz CT molecular complexity index is 2570. The average Bonchev–Trinajstić information content (AvgIpc) is 3.57. The van der Waals surface area contributed by atoms with Crippen molar-refractivity contribution < 1.29 is 0 Å². The second kappa shape index (κ2) is 12.3. The van der Waals surface area contributed by atoms with Gasteiger partial charge < -0.3 is 4.57 Å². The van der Waals surface area contributed by atoms with Crippen LogP contribution < -0.4 is 0 Å². The molecule has 0 spiro atoms. The summed E-state index contributed by atoms with van der Waals surface area (Å²) in [4.78, 5) is 0. The summed E-state index contributed by atoms with van der Waals surface area (Å²) in [7, 11) is 0. The van der Waals surface area contributed by atoms with Gasteiger partial charge in [-0.05, 0) is 85.1 Å². The first-order chi connectivity index (χ1) is 24.3. The highest BCUT2D eigenvalue weighted by atomic mass is 15.0. The highest BCUT2D eigenvalue weighted by molar-refractivity contribution is 6.03. The first-order valence-corrected chi connectivity index (χ1v) is 16.9. The van der Waals surface area contributed by atoms with E-state index in [0.29, 0.717) is 0 Å². The molecule has 9 rings (SSSR count). The molecule has 0 saturated heterocycles. The van der Waals surface area contributed by atoms with Crippen LogP contribution in [0.4, 0.5) is 0 Å². The minimum absolute atomic E-state index is 1.13. The maximum atomic E-state index is 2.38. The van der Waals surface area contributed by atoms with E-state index in [-0.39, 0.29) is 0 Å². The Hall–Kier alpha value is -6.44. The van der Waals surface area contributed by atoms with Crippen LogP contribution in [0.2, 0.25) is 0 Å². The van der Waals surface area contributed by atoms with Crippen molar-refractivity contribution in [2.24, 2.45) is 0 Å². The Balaban J connectivity index is 1.23. The fourth-order valence-electron chi connectivity index (χ4n) is 7.30. The molecule has 230 valence electrons. The molecular formula is C48H33N. The third-order valence-electron chi connectivity index (χ3n) is 9.68. The summed E-state index contributed by atoms with van der Waals surface area (Å²) < 4.78 is 2.35. The van der Waals surface area contributed by atoms with Gasteiger partial charge in [-0.1, -0.05) is 170 Å². The predicted molar refractivity (Wildman–Crippen MR) is 208 cm³/mol. The van der Waals surface area contributed by atoms with Crippen LogP contribution in [0.25, 0.3) is 83.0 Å². The largest absolute Gasteiger partial charge is 0.316 e. The third-order valence-corrected chi connectivity index (χ3v) is 9.68. The lowest BCUT2D eigenvalue weighted by Crippen LogP contribution is -1.92. The van der Waals surface area contributed by atoms with E-state index in [0.717, 1.165) is 5.69 Å². The zero-order valence-electron chi connectivity index (χ0n) is 27.0. The van der Waals surface area contributed by atoms with Crippen LogP contribution in [0.1, 0.15) is 0 Å². The van der Waals surface area contributed by atoms with Crippen molar-refractivity contribution in [1.29, 1.82) is 0 Å². The molecule has 0 aliphatic rings. The second-order valence-electron chi connectivity index (χ2n) is 12.5. The fourth-order valence-corrected chi connectivity index (χ4v) is 7.30. The summed E-state index contributed by atoms with van der Waals surface area (Å²) in [6, 6.07) is 70.0. The minimum atomic E-state index is 1.13. The van der Waals surface area contributed by atoms with Crippen molar-refractivity contribution in [2.45, 2.75) is 0 Å². The summed E-state index contributed by atoms with van der Waals surface area (Å²) in [5.41, 5.74) is 14.5. The van der Waals surface area contributed by atoms with Gasteiger partial charge >= 0.3 is 0 Å². The van der Waals surface area contributed by atoms with E-state index >= 15 is 0 Å². The molecule has 0 radical (unpaired) electrons. The first-order valence-electron chi connectivity index (χ1n) is 16.9. The number of aromatic nitrogens is 1. The fraction of sp³-hybridized carbons (Fsp3) is 0. The van der Waals surface area contributed by atoms with Crippen LogP contribution in [-0.2, 0) is 0 Å². The molecular weight excluding hydrogens is 591 g/mol. The maximum absolute atomic E-state index is 2.38. The van der Waals surface area contributed by atoms with E-state index in [1.165, 1.54) is 77.3 Å². The van der Waals surface area contributed by atoms with Gasteiger partial charge in [-0.3, -0.25) is 0 Å². The molecule has 8 aromatic carbocycles. The number of hydrogen-bond acceptors (Lipinski definition) is 0. The van der Waals surface area contributed by atoms with E-state index in [1.807, 2.05) is 0 Å². The molecule has 1 heteroatoms. The zero-order chi connectivity index (χ0) is 32.6. The molecule has 0 unspecified atom stereocenters. The van der Waals surface area contributed by atoms with Crippen LogP contribution in [0.15, 0.2) is 200 Å². The summed E-state index contributed by atoms with van der Waals surface area (Å²) in [6.45, 7) is 0. The highest BCUT2D eigenvalue weighted by Crippen LogP contribution is 2.41. The quantitative estimate of drug-likeness (QED) is 0.174. The van der Waals surface area contributed by atoms with Crippen molar-refractivity contribution in [2.75, 3.05) is 0 Å². The van der Waals surface area contributed by atoms with E-state index < -0.39 is 0 Å². The molecule has 0 aliphatic heterocycles. The van der Waals surface area contributed by atoms with Crippen molar-refractivity contribution in [3.63, 3.8) is 0 Å². The topological polar surface area (TPSA) is 4.93 Å². The number of hydrogen-bond donors (Lipinski definition) is 0. The Labute approximate surface area is 287 Å². The van der Waals surface area contributed by atoms with E-state index in [4.69, 9.17) is 0 Å². The van der Waals surface area contributed by atoms with Crippen molar-refractivity contribution in [3.05, 3.63) is 200 Å². The number of rotatable bonds is 6. The lowest BCUT2D eigenvalue weighted by molar-refractivity contribution is 1.13. The van der Waals surface area contributed by atoms with Crippen LogP contribution in [0, 0.1) is 0 Å². The maximum Gasteiger partial charge on any atom is 0.0535 e. The molecule has 1 aromatic heterocycles. The normalized spacial score (nSPS) is 11.3. The number of nitrogens with zero attached hydrogens (tertiary/aromatic N) is 1. The second-order valence-corrected chi connectivity index (χ2v) is 12.5.